The van der Waals surface area contributed by atoms with E-state index < -0.39 is 0 Å². The summed E-state index contributed by atoms with van der Waals surface area (Å²) in [5.41, 5.74) is 2.88. The Morgan fingerprint density at radius 3 is 2.62 bits per heavy atom. The quantitative estimate of drug-likeness (QED) is 0.791. The number of likely N-dealkylation sites (N-methyl/N-ethyl adjacent to an activating group) is 1. The normalized spacial score (nSPS) is 10.8. The third-order valence-corrected chi connectivity index (χ3v) is 4.23. The Morgan fingerprint density at radius 1 is 1.21 bits per heavy atom. The van der Waals surface area contributed by atoms with Gasteiger partial charge in [-0.1, -0.05) is 15.9 Å². The van der Waals surface area contributed by atoms with E-state index in [0.29, 0.717) is 18.2 Å². The molecule has 1 aromatic heterocycles. The highest BCUT2D eigenvalue weighted by Crippen LogP contribution is 2.20. The first-order valence-electron chi connectivity index (χ1n) is 7.67. The maximum absolute atomic E-state index is 12.4. The molecule has 0 aliphatic rings. The zero-order chi connectivity index (χ0) is 17.7. The zero-order valence-corrected chi connectivity index (χ0v) is 15.9. The van der Waals surface area contributed by atoms with Gasteiger partial charge in [-0.05, 0) is 57.8 Å². The average molecular weight is 392 g/mol. The van der Waals surface area contributed by atoms with Crippen LogP contribution in [0.25, 0.3) is 0 Å². The van der Waals surface area contributed by atoms with E-state index in [9.17, 15) is 4.79 Å². The van der Waals surface area contributed by atoms with Crippen molar-refractivity contribution >= 4 is 33.5 Å². The van der Waals surface area contributed by atoms with E-state index in [-0.39, 0.29) is 5.91 Å². The zero-order valence-electron chi connectivity index (χ0n) is 14.4. The van der Waals surface area contributed by atoms with Crippen LogP contribution >= 0.6 is 15.9 Å². The maximum atomic E-state index is 12.4. The fourth-order valence-electron chi connectivity index (χ4n) is 2.07. The minimum absolute atomic E-state index is 0.252. The van der Waals surface area contributed by atoms with Gasteiger partial charge in [0.05, 0.1) is 0 Å². The third kappa shape index (κ3) is 5.28. The molecule has 1 aromatic carbocycles. The van der Waals surface area contributed by atoms with Crippen molar-refractivity contribution in [1.82, 2.24) is 14.9 Å². The van der Waals surface area contributed by atoms with Gasteiger partial charge in [0, 0.05) is 28.9 Å². The van der Waals surface area contributed by atoms with E-state index in [1.807, 2.05) is 46.1 Å². The second-order valence-electron chi connectivity index (χ2n) is 5.87. The van der Waals surface area contributed by atoms with Crippen molar-refractivity contribution in [1.29, 1.82) is 0 Å². The molecule has 7 heteroatoms. The Hall–Kier alpha value is -1.99. The summed E-state index contributed by atoms with van der Waals surface area (Å²) in [4.78, 5) is 23.1. The van der Waals surface area contributed by atoms with E-state index in [4.69, 9.17) is 0 Å². The number of amides is 1. The molecule has 2 aromatic rings. The van der Waals surface area contributed by atoms with Gasteiger partial charge in [0.1, 0.15) is 5.69 Å². The summed E-state index contributed by atoms with van der Waals surface area (Å²) in [6.07, 6.45) is 0. The molecule has 0 aliphatic carbocycles. The van der Waals surface area contributed by atoms with Crippen LogP contribution in [0.4, 0.5) is 11.6 Å². The summed E-state index contributed by atoms with van der Waals surface area (Å²) < 4.78 is 1.01. The number of aromatic nitrogens is 2. The fourth-order valence-corrected chi connectivity index (χ4v) is 2.32. The van der Waals surface area contributed by atoms with Gasteiger partial charge in [-0.3, -0.25) is 4.79 Å². The Bertz CT molecular complexity index is 733. The summed E-state index contributed by atoms with van der Waals surface area (Å²) >= 11 is 3.45. The molecule has 1 amide bonds. The van der Waals surface area contributed by atoms with Crippen molar-refractivity contribution in [3.8, 4) is 0 Å². The van der Waals surface area contributed by atoms with E-state index in [2.05, 4.69) is 41.4 Å². The van der Waals surface area contributed by atoms with Crippen molar-refractivity contribution in [3.05, 3.63) is 45.7 Å². The number of hydrogen-bond acceptors (Lipinski definition) is 5. The Labute approximate surface area is 150 Å². The molecule has 0 spiro atoms. The lowest BCUT2D eigenvalue weighted by Crippen LogP contribution is -2.22. The van der Waals surface area contributed by atoms with Crippen LogP contribution in [0.2, 0.25) is 0 Å². The molecule has 6 nitrogen and oxygen atoms in total. The van der Waals surface area contributed by atoms with Crippen molar-refractivity contribution in [2.45, 2.75) is 13.8 Å². The van der Waals surface area contributed by atoms with Crippen LogP contribution in [0.15, 0.2) is 28.7 Å². The van der Waals surface area contributed by atoms with Gasteiger partial charge in [-0.25, -0.2) is 9.97 Å². The fraction of sp³-hybridized carbons (Fsp3) is 0.353. The minimum Gasteiger partial charge on any atom is -0.353 e. The number of nitrogens with one attached hydrogen (secondary N) is 2. The molecule has 0 radical (unpaired) electrons. The van der Waals surface area contributed by atoms with Crippen molar-refractivity contribution in [2.75, 3.05) is 37.8 Å². The highest BCUT2D eigenvalue weighted by molar-refractivity contribution is 9.10. The van der Waals surface area contributed by atoms with Gasteiger partial charge in [0.2, 0.25) is 5.95 Å². The van der Waals surface area contributed by atoms with Gasteiger partial charge in [0.15, 0.2) is 0 Å². The Balaban J connectivity index is 2.10. The van der Waals surface area contributed by atoms with Crippen molar-refractivity contribution in [2.24, 2.45) is 0 Å². The number of halogens is 1. The number of hydrogen-bond donors (Lipinski definition) is 2. The number of benzene rings is 1. The topological polar surface area (TPSA) is 70.2 Å². The maximum Gasteiger partial charge on any atom is 0.274 e. The van der Waals surface area contributed by atoms with E-state index >= 15 is 0 Å². The molecular weight excluding hydrogens is 370 g/mol. The van der Waals surface area contributed by atoms with Gasteiger partial charge < -0.3 is 15.5 Å². The van der Waals surface area contributed by atoms with Crippen molar-refractivity contribution in [3.63, 3.8) is 0 Å². The summed E-state index contributed by atoms with van der Waals surface area (Å²) in [5.74, 6) is 0.215. The van der Waals surface area contributed by atoms with Crippen LogP contribution < -0.4 is 10.6 Å². The molecule has 128 valence electrons. The van der Waals surface area contributed by atoms with Crippen LogP contribution in [0.5, 0.6) is 0 Å². The number of anilines is 2. The van der Waals surface area contributed by atoms with Crippen LogP contribution in [0.3, 0.4) is 0 Å². The number of nitrogens with zero attached hydrogens (tertiary/aromatic N) is 3. The number of carbonyl (C=O) groups excluding carboxylic acids is 1. The Kier molecular flexibility index (Phi) is 6.28. The summed E-state index contributed by atoms with van der Waals surface area (Å²) in [5, 5.41) is 6.01. The average Bonchev–Trinajstić information content (AvgIpc) is 2.50. The highest BCUT2D eigenvalue weighted by Gasteiger charge is 2.11. The number of carbonyl (C=O) groups is 1. The molecule has 0 saturated carbocycles. The Morgan fingerprint density at radius 2 is 1.96 bits per heavy atom. The van der Waals surface area contributed by atoms with Crippen LogP contribution in [-0.4, -0.2) is 48.0 Å². The first kappa shape index (κ1) is 18.4. The summed E-state index contributed by atoms with van der Waals surface area (Å²) in [7, 11) is 4.00. The van der Waals surface area contributed by atoms with Gasteiger partial charge in [-0.15, -0.1) is 0 Å². The molecule has 0 bridgehead atoms. The molecule has 0 fully saturated rings. The van der Waals surface area contributed by atoms with Gasteiger partial charge >= 0.3 is 0 Å². The van der Waals surface area contributed by atoms with Crippen LogP contribution in [0.1, 0.15) is 21.7 Å². The molecule has 1 heterocycles. The summed E-state index contributed by atoms with van der Waals surface area (Å²) in [6, 6.07) is 7.34. The first-order valence-corrected chi connectivity index (χ1v) is 8.46. The monoisotopic (exact) mass is 391 g/mol. The largest absolute Gasteiger partial charge is 0.353 e. The molecule has 24 heavy (non-hydrogen) atoms. The van der Waals surface area contributed by atoms with E-state index in [1.165, 1.54) is 0 Å². The molecular formula is C17H22BrN5O. The third-order valence-electron chi connectivity index (χ3n) is 3.34. The van der Waals surface area contributed by atoms with Crippen LogP contribution in [0, 0.1) is 13.8 Å². The van der Waals surface area contributed by atoms with Crippen molar-refractivity contribution < 1.29 is 4.79 Å². The standard InChI is InChI=1S/C17H22BrN5O/c1-11-9-13(5-6-14(11)18)21-16(24)15-10-12(2)20-17(22-15)19-7-8-23(3)4/h5-6,9-10H,7-8H2,1-4H3,(H,21,24)(H,19,20,22). The SMILES string of the molecule is Cc1cc(C(=O)Nc2ccc(Br)c(C)c2)nc(NCCN(C)C)n1. The second kappa shape index (κ2) is 8.21. The smallest absolute Gasteiger partial charge is 0.274 e. The molecule has 0 atom stereocenters. The lowest BCUT2D eigenvalue weighted by molar-refractivity contribution is 0.102. The lowest BCUT2D eigenvalue weighted by atomic mass is 10.2. The minimum atomic E-state index is -0.252. The molecule has 0 saturated heterocycles. The molecule has 0 unspecified atom stereocenters. The predicted molar refractivity (Wildman–Crippen MR) is 101 cm³/mol. The predicted octanol–water partition coefficient (Wildman–Crippen LogP) is 3.08. The lowest BCUT2D eigenvalue weighted by Gasteiger charge is -2.12. The molecule has 2 N–H and O–H groups in total. The molecule has 0 aliphatic heterocycles. The number of aryl methyl sites for hydroxylation is 2. The summed E-state index contributed by atoms with van der Waals surface area (Å²) in [6.45, 7) is 5.39. The van der Waals surface area contributed by atoms with Gasteiger partial charge in [0.25, 0.3) is 5.91 Å². The van der Waals surface area contributed by atoms with Gasteiger partial charge in [-0.2, -0.15) is 0 Å². The van der Waals surface area contributed by atoms with Crippen LogP contribution in [-0.2, 0) is 0 Å². The molecule has 2 rings (SSSR count). The first-order chi connectivity index (χ1) is 11.3. The highest BCUT2D eigenvalue weighted by atomic mass is 79.9. The second-order valence-corrected chi connectivity index (χ2v) is 6.72. The van der Waals surface area contributed by atoms with E-state index in [1.54, 1.807) is 6.07 Å². The van der Waals surface area contributed by atoms with E-state index in [0.717, 1.165) is 28.0 Å². The number of rotatable bonds is 6.